The molecule has 1 aliphatic rings. The number of halogens is 6. The molecule has 0 spiro atoms. The summed E-state index contributed by atoms with van der Waals surface area (Å²) in [7, 11) is 0. The van der Waals surface area contributed by atoms with Crippen molar-refractivity contribution < 1.29 is 35.9 Å². The van der Waals surface area contributed by atoms with Gasteiger partial charge >= 0.3 is 12.4 Å². The minimum Gasteiger partial charge on any atom is -0.381 e. The number of benzene rings is 2. The van der Waals surface area contributed by atoms with Crippen LogP contribution in [0.1, 0.15) is 22.3 Å². The number of rotatable bonds is 7. The molecule has 0 bridgehead atoms. The van der Waals surface area contributed by atoms with Gasteiger partial charge in [-0.2, -0.15) is 26.3 Å². The largest absolute Gasteiger partial charge is 0.418 e. The van der Waals surface area contributed by atoms with Crippen molar-refractivity contribution in [2.45, 2.75) is 28.7 Å². The molecule has 4 rings (SSSR count). The molecule has 39 heavy (non-hydrogen) atoms. The summed E-state index contributed by atoms with van der Waals surface area (Å²) in [5.41, 5.74) is -2.92. The topological polar surface area (TPSA) is 54.5 Å². The number of ether oxygens (including phenoxy) is 1. The van der Waals surface area contributed by atoms with Crippen LogP contribution in [-0.4, -0.2) is 42.1 Å². The van der Waals surface area contributed by atoms with Crippen LogP contribution < -0.4 is 5.32 Å². The summed E-state index contributed by atoms with van der Waals surface area (Å²) in [6.45, 7) is 1.44. The molecule has 0 atom stereocenters. The Bertz CT molecular complexity index is 1320. The molecule has 1 aliphatic heterocycles. The highest BCUT2D eigenvalue weighted by atomic mass is 32.2. The van der Waals surface area contributed by atoms with Crippen LogP contribution in [0.15, 0.2) is 76.8 Å². The molecule has 1 amide bonds. The second kappa shape index (κ2) is 12.1. The first-order valence-electron chi connectivity index (χ1n) is 11.8. The number of anilines is 1. The van der Waals surface area contributed by atoms with Crippen molar-refractivity contribution in [3.05, 3.63) is 89.3 Å². The lowest BCUT2D eigenvalue weighted by Gasteiger charge is -2.25. The third-order valence-corrected chi connectivity index (χ3v) is 6.83. The van der Waals surface area contributed by atoms with Crippen molar-refractivity contribution in [3.8, 4) is 0 Å². The molecule has 0 unspecified atom stereocenters. The predicted molar refractivity (Wildman–Crippen MR) is 135 cm³/mol. The number of hydrogen-bond donors (Lipinski definition) is 1. The van der Waals surface area contributed by atoms with Crippen LogP contribution in [0.4, 0.5) is 32.0 Å². The van der Waals surface area contributed by atoms with E-state index in [1.807, 2.05) is 6.07 Å². The maximum absolute atomic E-state index is 14.2. The van der Waals surface area contributed by atoms with Crippen LogP contribution in [-0.2, 0) is 28.4 Å². The Balaban J connectivity index is 1.65. The van der Waals surface area contributed by atoms with E-state index in [4.69, 9.17) is 4.74 Å². The molecule has 1 N–H and O–H groups in total. The average molecular weight is 568 g/mol. The predicted octanol–water partition coefficient (Wildman–Crippen LogP) is 6.75. The highest BCUT2D eigenvalue weighted by Crippen LogP contribution is 2.48. The number of nitrogens with one attached hydrogen (secondary N) is 1. The van der Waals surface area contributed by atoms with Gasteiger partial charge in [0.25, 0.3) is 0 Å². The number of pyridine rings is 1. The number of aromatic nitrogens is 1. The summed E-state index contributed by atoms with van der Waals surface area (Å²) >= 11 is 0.578. The average Bonchev–Trinajstić information content (AvgIpc) is 2.91. The Labute approximate surface area is 224 Å². The van der Waals surface area contributed by atoms with Gasteiger partial charge in [-0.3, -0.25) is 9.78 Å². The zero-order valence-electron chi connectivity index (χ0n) is 20.4. The Morgan fingerprint density at radius 2 is 1.74 bits per heavy atom. The standard InChI is InChI=1S/C27H23F6N3O2S/c28-26(29,30)24-19(7-9-23(37)36-11-13-38-14-12-36)6-8-22(25(24)27(31,32)33)39-21-5-1-4-20(15-21)35-17-18-3-2-10-34-16-18/h1-10,15-16,35H,11-14,17H2/b9-7+. The van der Waals surface area contributed by atoms with Gasteiger partial charge in [0.15, 0.2) is 0 Å². The summed E-state index contributed by atoms with van der Waals surface area (Å²) in [5.74, 6) is -0.603. The smallest absolute Gasteiger partial charge is 0.381 e. The quantitative estimate of drug-likeness (QED) is 0.253. The molecule has 1 aromatic heterocycles. The molecule has 0 saturated carbocycles. The second-order valence-corrected chi connectivity index (χ2v) is 9.63. The van der Waals surface area contributed by atoms with Gasteiger partial charge in [0.1, 0.15) is 0 Å². The Hall–Kier alpha value is -3.51. The van der Waals surface area contributed by atoms with Gasteiger partial charge in [-0.25, -0.2) is 0 Å². The van der Waals surface area contributed by atoms with Crippen LogP contribution in [0.2, 0.25) is 0 Å². The van der Waals surface area contributed by atoms with E-state index < -0.39 is 39.8 Å². The van der Waals surface area contributed by atoms with Crippen molar-refractivity contribution in [1.82, 2.24) is 9.88 Å². The second-order valence-electron chi connectivity index (χ2n) is 8.51. The van der Waals surface area contributed by atoms with Gasteiger partial charge in [-0.1, -0.05) is 30.0 Å². The highest BCUT2D eigenvalue weighted by molar-refractivity contribution is 7.99. The van der Waals surface area contributed by atoms with E-state index in [0.29, 0.717) is 28.9 Å². The lowest BCUT2D eigenvalue weighted by atomic mass is 9.99. The summed E-state index contributed by atoms with van der Waals surface area (Å²) in [4.78, 5) is 17.4. The first-order chi connectivity index (χ1) is 18.5. The number of carbonyl (C=O) groups excluding carboxylic acids is 1. The Morgan fingerprint density at radius 1 is 1.00 bits per heavy atom. The van der Waals surface area contributed by atoms with E-state index in [1.54, 1.807) is 36.7 Å². The van der Waals surface area contributed by atoms with Crippen LogP contribution in [0.25, 0.3) is 6.08 Å². The highest BCUT2D eigenvalue weighted by Gasteiger charge is 2.46. The molecule has 0 aliphatic carbocycles. The SMILES string of the molecule is O=C(/C=C/c1ccc(Sc2cccc(NCc3cccnc3)c2)c(C(F)(F)F)c1C(F)(F)F)N1CCOCC1. The monoisotopic (exact) mass is 567 g/mol. The number of carbonyl (C=O) groups is 1. The van der Waals surface area contributed by atoms with E-state index in [2.05, 4.69) is 10.3 Å². The Morgan fingerprint density at radius 3 is 2.41 bits per heavy atom. The molecule has 12 heteroatoms. The zero-order valence-corrected chi connectivity index (χ0v) is 21.2. The van der Waals surface area contributed by atoms with E-state index in [-0.39, 0.29) is 26.3 Å². The minimum absolute atomic E-state index is 0.245. The molecule has 1 saturated heterocycles. The normalized spacial score (nSPS) is 14.6. The maximum Gasteiger partial charge on any atom is 0.418 e. The van der Waals surface area contributed by atoms with Gasteiger partial charge in [-0.15, -0.1) is 0 Å². The molecule has 0 radical (unpaired) electrons. The lowest BCUT2D eigenvalue weighted by molar-refractivity contribution is -0.163. The fraction of sp³-hybridized carbons (Fsp3) is 0.259. The van der Waals surface area contributed by atoms with Gasteiger partial charge in [0, 0.05) is 53.6 Å². The number of nitrogens with zero attached hydrogens (tertiary/aromatic N) is 2. The molecular formula is C27H23F6N3O2S. The summed E-state index contributed by atoms with van der Waals surface area (Å²) in [6.07, 6.45) is -5.70. The van der Waals surface area contributed by atoms with Gasteiger partial charge < -0.3 is 15.0 Å². The molecule has 206 valence electrons. The molecule has 1 fully saturated rings. The zero-order chi connectivity index (χ0) is 28.0. The van der Waals surface area contributed by atoms with Crippen molar-refractivity contribution in [1.29, 1.82) is 0 Å². The fourth-order valence-electron chi connectivity index (χ4n) is 3.96. The Kier molecular flexibility index (Phi) is 8.86. The van der Waals surface area contributed by atoms with Crippen molar-refractivity contribution in [3.63, 3.8) is 0 Å². The third-order valence-electron chi connectivity index (χ3n) is 5.78. The van der Waals surface area contributed by atoms with Gasteiger partial charge in [0.05, 0.1) is 24.3 Å². The van der Waals surface area contributed by atoms with E-state index in [0.717, 1.165) is 29.8 Å². The van der Waals surface area contributed by atoms with Crippen LogP contribution in [0.3, 0.4) is 0 Å². The molecule has 2 aromatic carbocycles. The van der Waals surface area contributed by atoms with Crippen molar-refractivity contribution >= 4 is 29.4 Å². The fourth-order valence-corrected chi connectivity index (χ4v) is 5.01. The number of morpholine rings is 1. The number of alkyl halides is 6. The number of amides is 1. The van der Waals surface area contributed by atoms with Crippen LogP contribution in [0.5, 0.6) is 0 Å². The van der Waals surface area contributed by atoms with E-state index in [1.165, 1.54) is 11.0 Å². The first kappa shape index (κ1) is 28.5. The molecule has 5 nitrogen and oxygen atoms in total. The lowest BCUT2D eigenvalue weighted by Crippen LogP contribution is -2.39. The molecule has 2 heterocycles. The summed E-state index contributed by atoms with van der Waals surface area (Å²) in [5, 5.41) is 3.12. The van der Waals surface area contributed by atoms with Crippen LogP contribution >= 0.6 is 11.8 Å². The van der Waals surface area contributed by atoms with Crippen molar-refractivity contribution in [2.75, 3.05) is 31.6 Å². The minimum atomic E-state index is -5.32. The third kappa shape index (κ3) is 7.54. The molecular weight excluding hydrogens is 544 g/mol. The van der Waals surface area contributed by atoms with Gasteiger partial charge in [0.2, 0.25) is 5.91 Å². The van der Waals surface area contributed by atoms with Crippen LogP contribution in [0, 0.1) is 0 Å². The van der Waals surface area contributed by atoms with Gasteiger partial charge in [-0.05, 0) is 47.5 Å². The summed E-state index contributed by atoms with van der Waals surface area (Å²) in [6, 6.07) is 11.9. The molecule has 3 aromatic rings. The number of hydrogen-bond acceptors (Lipinski definition) is 5. The summed E-state index contributed by atoms with van der Waals surface area (Å²) < 4.78 is 89.9. The maximum atomic E-state index is 14.2. The van der Waals surface area contributed by atoms with E-state index in [9.17, 15) is 31.1 Å². The van der Waals surface area contributed by atoms with E-state index >= 15 is 0 Å². The van der Waals surface area contributed by atoms with Crippen molar-refractivity contribution in [2.24, 2.45) is 0 Å². The first-order valence-corrected chi connectivity index (χ1v) is 12.6.